The average Bonchev–Trinajstić information content (AvgIpc) is 2.73. The highest BCUT2D eigenvalue weighted by Crippen LogP contribution is 2.32. The van der Waals surface area contributed by atoms with Crippen molar-refractivity contribution in [2.24, 2.45) is 10.1 Å². The second kappa shape index (κ2) is 7.17. The number of ether oxygens (including phenoxy) is 2. The number of allylic oxidation sites excluding steroid dienone is 1. The van der Waals surface area contributed by atoms with Crippen LogP contribution < -0.4 is 14.8 Å². The van der Waals surface area contributed by atoms with Crippen LogP contribution in [-0.2, 0) is 0 Å². The van der Waals surface area contributed by atoms with Crippen LogP contribution in [0.2, 0.25) is 0 Å². The third-order valence-electron chi connectivity index (χ3n) is 4.65. The van der Waals surface area contributed by atoms with Gasteiger partial charge in [0.15, 0.2) is 11.5 Å². The summed E-state index contributed by atoms with van der Waals surface area (Å²) in [5, 5.41) is 10.0. The van der Waals surface area contributed by atoms with Crippen LogP contribution in [0.1, 0.15) is 12.0 Å². The summed E-state index contributed by atoms with van der Waals surface area (Å²) in [5.74, 6) is 2.27. The van der Waals surface area contributed by atoms with Gasteiger partial charge in [0.25, 0.3) is 0 Å². The van der Waals surface area contributed by atoms with E-state index in [-0.39, 0.29) is 0 Å². The Labute approximate surface area is 153 Å². The number of amidine groups is 1. The van der Waals surface area contributed by atoms with Crippen LogP contribution in [0, 0.1) is 0 Å². The highest BCUT2D eigenvalue weighted by molar-refractivity contribution is 6.15. The van der Waals surface area contributed by atoms with Gasteiger partial charge in [-0.05, 0) is 55.0 Å². The van der Waals surface area contributed by atoms with Gasteiger partial charge in [0, 0.05) is 12.1 Å². The van der Waals surface area contributed by atoms with E-state index in [1.54, 1.807) is 14.2 Å². The van der Waals surface area contributed by atoms with E-state index in [9.17, 15) is 0 Å². The molecule has 134 valence electrons. The Morgan fingerprint density at radius 2 is 1.96 bits per heavy atom. The van der Waals surface area contributed by atoms with E-state index in [2.05, 4.69) is 23.5 Å². The first-order valence-electron chi connectivity index (χ1n) is 8.74. The lowest BCUT2D eigenvalue weighted by atomic mass is 10.0. The molecule has 0 radical (unpaired) electrons. The highest BCUT2D eigenvalue weighted by Gasteiger charge is 2.20. The summed E-state index contributed by atoms with van der Waals surface area (Å²) in [5.41, 5.74) is 4.25. The van der Waals surface area contributed by atoms with E-state index in [4.69, 9.17) is 19.6 Å². The van der Waals surface area contributed by atoms with Gasteiger partial charge in [0.2, 0.25) is 0 Å². The van der Waals surface area contributed by atoms with E-state index in [0.717, 1.165) is 42.3 Å². The van der Waals surface area contributed by atoms with Crippen LogP contribution in [0.4, 0.5) is 0 Å². The number of aliphatic imine (C=N–C) groups is 1. The number of hydrogen-bond acceptors (Lipinski definition) is 6. The third kappa shape index (κ3) is 3.15. The van der Waals surface area contributed by atoms with Crippen molar-refractivity contribution in [2.75, 3.05) is 33.9 Å². The zero-order chi connectivity index (χ0) is 17.9. The van der Waals surface area contributed by atoms with Gasteiger partial charge in [-0.3, -0.25) is 0 Å². The van der Waals surface area contributed by atoms with Crippen molar-refractivity contribution in [3.05, 3.63) is 53.6 Å². The number of fused-ring (bicyclic) bond motifs is 1. The molecule has 0 amide bonds. The molecule has 0 spiro atoms. The third-order valence-corrected chi connectivity index (χ3v) is 4.65. The standard InChI is InChI=1S/C20H22N4O2/c1-25-18-5-3-15(13-19(18)26-2)16-9-12-24-20(22-16)6-4-17(23-24)14-7-10-21-11-8-14/h3-7,9,13,21H,8,10-12H2,1-2H3. The summed E-state index contributed by atoms with van der Waals surface area (Å²) < 4.78 is 10.7. The molecule has 4 rings (SSSR count). The first-order chi connectivity index (χ1) is 12.8. The average molecular weight is 350 g/mol. The molecule has 0 saturated heterocycles. The molecule has 1 aromatic carbocycles. The summed E-state index contributed by atoms with van der Waals surface area (Å²) in [7, 11) is 3.27. The predicted octanol–water partition coefficient (Wildman–Crippen LogP) is 2.60. The molecule has 0 bridgehead atoms. The van der Waals surface area contributed by atoms with Crippen LogP contribution in [0.15, 0.2) is 58.2 Å². The lowest BCUT2D eigenvalue weighted by Gasteiger charge is -2.27. The predicted molar refractivity (Wildman–Crippen MR) is 104 cm³/mol. The molecule has 6 nitrogen and oxygen atoms in total. The summed E-state index contributed by atoms with van der Waals surface area (Å²) in [6, 6.07) is 5.84. The van der Waals surface area contributed by atoms with E-state index in [1.807, 2.05) is 29.3 Å². The number of benzene rings is 1. The van der Waals surface area contributed by atoms with Crippen molar-refractivity contribution in [2.45, 2.75) is 6.42 Å². The Hall–Kier alpha value is -2.86. The Morgan fingerprint density at radius 1 is 1.08 bits per heavy atom. The molecule has 26 heavy (non-hydrogen) atoms. The van der Waals surface area contributed by atoms with Crippen LogP contribution >= 0.6 is 0 Å². The Kier molecular flexibility index (Phi) is 4.58. The zero-order valence-corrected chi connectivity index (χ0v) is 15.0. The maximum Gasteiger partial charge on any atom is 0.161 e. The summed E-state index contributed by atoms with van der Waals surface area (Å²) in [6.45, 7) is 2.61. The lowest BCUT2D eigenvalue weighted by molar-refractivity contribution is 0.355. The van der Waals surface area contributed by atoms with Gasteiger partial charge in [-0.25, -0.2) is 10.0 Å². The molecule has 0 aliphatic carbocycles. The van der Waals surface area contributed by atoms with Crippen LogP contribution in [0.3, 0.4) is 0 Å². The highest BCUT2D eigenvalue weighted by atomic mass is 16.5. The minimum atomic E-state index is 0.696. The fourth-order valence-electron chi connectivity index (χ4n) is 3.23. The molecule has 0 aromatic heterocycles. The van der Waals surface area contributed by atoms with Gasteiger partial charge < -0.3 is 14.8 Å². The molecule has 3 aliphatic rings. The summed E-state index contributed by atoms with van der Waals surface area (Å²) in [4.78, 5) is 4.77. The number of nitrogens with zero attached hydrogens (tertiary/aromatic N) is 3. The van der Waals surface area contributed by atoms with Crippen LogP contribution in [0.5, 0.6) is 11.5 Å². The minimum Gasteiger partial charge on any atom is -0.493 e. The molecular formula is C20H22N4O2. The van der Waals surface area contributed by atoms with Crippen molar-refractivity contribution < 1.29 is 9.47 Å². The van der Waals surface area contributed by atoms with Gasteiger partial charge in [-0.2, -0.15) is 5.10 Å². The van der Waals surface area contributed by atoms with Gasteiger partial charge in [-0.15, -0.1) is 0 Å². The summed E-state index contributed by atoms with van der Waals surface area (Å²) in [6.07, 6.45) is 9.41. The smallest absolute Gasteiger partial charge is 0.161 e. The Balaban J connectivity index is 1.57. The van der Waals surface area contributed by atoms with Gasteiger partial charge in [0.1, 0.15) is 5.84 Å². The van der Waals surface area contributed by atoms with Gasteiger partial charge in [-0.1, -0.05) is 6.08 Å². The molecule has 0 unspecified atom stereocenters. The molecule has 1 N–H and O–H groups in total. The summed E-state index contributed by atoms with van der Waals surface area (Å²) >= 11 is 0. The maximum absolute atomic E-state index is 5.40. The SMILES string of the molecule is COc1ccc(C2=CCN3N=C(C4=CCNCC4)C=CC3=N2)cc1OC. The molecule has 0 fully saturated rings. The molecule has 6 heteroatoms. The normalized spacial score (nSPS) is 19.1. The molecular weight excluding hydrogens is 328 g/mol. The Bertz CT molecular complexity index is 865. The Morgan fingerprint density at radius 3 is 2.73 bits per heavy atom. The lowest BCUT2D eigenvalue weighted by Crippen LogP contribution is -2.32. The second-order valence-electron chi connectivity index (χ2n) is 6.21. The van der Waals surface area contributed by atoms with Crippen molar-refractivity contribution in [3.63, 3.8) is 0 Å². The van der Waals surface area contributed by atoms with Crippen molar-refractivity contribution in [1.29, 1.82) is 0 Å². The topological polar surface area (TPSA) is 58.5 Å². The van der Waals surface area contributed by atoms with E-state index >= 15 is 0 Å². The molecule has 1 aromatic rings. The van der Waals surface area contributed by atoms with Crippen LogP contribution in [0.25, 0.3) is 5.70 Å². The van der Waals surface area contributed by atoms with Gasteiger partial charge >= 0.3 is 0 Å². The quantitative estimate of drug-likeness (QED) is 0.907. The van der Waals surface area contributed by atoms with Gasteiger partial charge in [0.05, 0.1) is 32.2 Å². The fraction of sp³-hybridized carbons (Fsp3) is 0.300. The number of hydrazone groups is 1. The van der Waals surface area contributed by atoms with Crippen LogP contribution in [-0.4, -0.2) is 50.4 Å². The molecule has 0 atom stereocenters. The van der Waals surface area contributed by atoms with Crippen molar-refractivity contribution in [3.8, 4) is 11.5 Å². The number of hydrogen-bond donors (Lipinski definition) is 1. The molecule has 0 saturated carbocycles. The second-order valence-corrected chi connectivity index (χ2v) is 6.21. The van der Waals surface area contributed by atoms with Crippen molar-refractivity contribution in [1.82, 2.24) is 10.3 Å². The zero-order valence-electron chi connectivity index (χ0n) is 15.0. The van der Waals surface area contributed by atoms with E-state index in [0.29, 0.717) is 18.0 Å². The first-order valence-corrected chi connectivity index (χ1v) is 8.74. The number of rotatable bonds is 4. The number of methoxy groups -OCH3 is 2. The van der Waals surface area contributed by atoms with E-state index in [1.165, 1.54) is 5.57 Å². The first kappa shape index (κ1) is 16.6. The fourth-order valence-corrected chi connectivity index (χ4v) is 3.23. The monoisotopic (exact) mass is 350 g/mol. The number of nitrogens with one attached hydrogen (secondary N) is 1. The minimum absolute atomic E-state index is 0.696. The van der Waals surface area contributed by atoms with Crippen molar-refractivity contribution >= 4 is 17.2 Å². The maximum atomic E-state index is 5.40. The molecule has 3 aliphatic heterocycles. The molecule has 3 heterocycles. The largest absolute Gasteiger partial charge is 0.493 e. The van der Waals surface area contributed by atoms with E-state index < -0.39 is 0 Å².